The first-order valence-corrected chi connectivity index (χ1v) is 9.23. The second kappa shape index (κ2) is 6.37. The minimum atomic E-state index is -4.07. The number of halogens is 2. The minimum absolute atomic E-state index is 0.300. The number of para-hydroxylation sites is 2. The van der Waals surface area contributed by atoms with Crippen LogP contribution in [0.4, 0.5) is 10.1 Å². The molecule has 3 aromatic rings. The Morgan fingerprint density at radius 3 is 2.67 bits per heavy atom. The second-order valence-electron chi connectivity index (χ2n) is 5.16. The molecule has 0 spiro atoms. The Morgan fingerprint density at radius 1 is 1.21 bits per heavy atom. The summed E-state index contributed by atoms with van der Waals surface area (Å²) in [4.78, 5) is -0.390. The molecule has 0 saturated heterocycles. The SMILES string of the molecule is Cc1ccc(F)c(S(=O)(=O)Nc2ccccc2-n2cc(Br)cn2)c1. The van der Waals surface area contributed by atoms with Gasteiger partial charge < -0.3 is 0 Å². The fourth-order valence-electron chi connectivity index (χ4n) is 2.21. The van der Waals surface area contributed by atoms with E-state index < -0.39 is 15.8 Å². The van der Waals surface area contributed by atoms with Crippen molar-refractivity contribution < 1.29 is 12.8 Å². The number of rotatable bonds is 4. The highest BCUT2D eigenvalue weighted by Crippen LogP contribution is 2.25. The van der Waals surface area contributed by atoms with Crippen molar-refractivity contribution in [3.8, 4) is 5.69 Å². The quantitative estimate of drug-likeness (QED) is 0.710. The first kappa shape index (κ1) is 16.7. The third-order valence-corrected chi connectivity index (χ3v) is 5.11. The van der Waals surface area contributed by atoms with Crippen molar-refractivity contribution in [3.05, 3.63) is 70.7 Å². The number of anilines is 1. The number of sulfonamides is 1. The molecule has 1 aromatic heterocycles. The van der Waals surface area contributed by atoms with Crippen LogP contribution >= 0.6 is 15.9 Å². The van der Waals surface area contributed by atoms with Crippen LogP contribution < -0.4 is 4.72 Å². The van der Waals surface area contributed by atoms with Gasteiger partial charge in [0.15, 0.2) is 0 Å². The van der Waals surface area contributed by atoms with Gasteiger partial charge in [0, 0.05) is 6.20 Å². The summed E-state index contributed by atoms with van der Waals surface area (Å²) in [6.45, 7) is 1.70. The van der Waals surface area contributed by atoms with Gasteiger partial charge in [-0.05, 0) is 52.7 Å². The van der Waals surface area contributed by atoms with Gasteiger partial charge in [-0.2, -0.15) is 5.10 Å². The van der Waals surface area contributed by atoms with Crippen LogP contribution in [0.25, 0.3) is 5.69 Å². The zero-order valence-corrected chi connectivity index (χ0v) is 15.0. The zero-order chi connectivity index (χ0) is 17.3. The molecular formula is C16H13BrFN3O2S. The number of hydrogen-bond donors (Lipinski definition) is 1. The van der Waals surface area contributed by atoms with E-state index in [1.165, 1.54) is 16.8 Å². The fraction of sp³-hybridized carbons (Fsp3) is 0.0625. The van der Waals surface area contributed by atoms with Crippen molar-refractivity contribution in [2.24, 2.45) is 0 Å². The Balaban J connectivity index is 2.04. The van der Waals surface area contributed by atoms with E-state index in [4.69, 9.17) is 0 Å². The maximum atomic E-state index is 14.0. The van der Waals surface area contributed by atoms with E-state index in [1.807, 2.05) is 0 Å². The van der Waals surface area contributed by atoms with Crippen molar-refractivity contribution in [3.63, 3.8) is 0 Å². The van der Waals surface area contributed by atoms with Crippen LogP contribution in [0.3, 0.4) is 0 Å². The molecule has 0 amide bonds. The van der Waals surface area contributed by atoms with Crippen molar-refractivity contribution in [2.75, 3.05) is 4.72 Å². The van der Waals surface area contributed by atoms with E-state index in [2.05, 4.69) is 25.8 Å². The van der Waals surface area contributed by atoms with Gasteiger partial charge in [0.25, 0.3) is 10.0 Å². The van der Waals surface area contributed by atoms with Crippen molar-refractivity contribution in [1.29, 1.82) is 0 Å². The normalized spacial score (nSPS) is 11.5. The first-order valence-electron chi connectivity index (χ1n) is 6.95. The van der Waals surface area contributed by atoms with E-state index in [-0.39, 0.29) is 4.90 Å². The Bertz CT molecular complexity index is 1000. The third-order valence-electron chi connectivity index (χ3n) is 3.32. The molecule has 5 nitrogen and oxygen atoms in total. The summed E-state index contributed by atoms with van der Waals surface area (Å²) in [7, 11) is -4.07. The van der Waals surface area contributed by atoms with Crippen LogP contribution in [0.2, 0.25) is 0 Å². The summed E-state index contributed by atoms with van der Waals surface area (Å²) in [6, 6.07) is 10.7. The molecule has 3 rings (SSSR count). The molecule has 0 aliphatic heterocycles. The first-order chi connectivity index (χ1) is 11.4. The van der Waals surface area contributed by atoms with Crippen LogP contribution in [0.1, 0.15) is 5.56 Å². The van der Waals surface area contributed by atoms with Gasteiger partial charge in [-0.1, -0.05) is 18.2 Å². The van der Waals surface area contributed by atoms with Crippen LogP contribution in [-0.4, -0.2) is 18.2 Å². The van der Waals surface area contributed by atoms with Gasteiger partial charge in [-0.3, -0.25) is 4.72 Å². The molecule has 0 aliphatic carbocycles. The lowest BCUT2D eigenvalue weighted by atomic mass is 10.2. The number of nitrogens with one attached hydrogen (secondary N) is 1. The van der Waals surface area contributed by atoms with Crippen molar-refractivity contribution >= 4 is 31.6 Å². The highest BCUT2D eigenvalue weighted by molar-refractivity contribution is 9.10. The van der Waals surface area contributed by atoms with Crippen LogP contribution in [-0.2, 0) is 10.0 Å². The smallest absolute Gasteiger partial charge is 0.264 e. The molecule has 0 saturated carbocycles. The van der Waals surface area contributed by atoms with Crippen molar-refractivity contribution in [2.45, 2.75) is 11.8 Å². The molecule has 1 heterocycles. The molecule has 1 N–H and O–H groups in total. The third kappa shape index (κ3) is 3.34. The van der Waals surface area contributed by atoms with E-state index in [9.17, 15) is 12.8 Å². The van der Waals surface area contributed by atoms with Gasteiger partial charge in [0.05, 0.1) is 22.0 Å². The van der Waals surface area contributed by atoms with Gasteiger partial charge in [0.1, 0.15) is 10.7 Å². The minimum Gasteiger partial charge on any atom is -0.277 e. The summed E-state index contributed by atoms with van der Waals surface area (Å²) in [5, 5.41) is 4.14. The number of benzene rings is 2. The number of aromatic nitrogens is 2. The molecule has 2 aromatic carbocycles. The monoisotopic (exact) mass is 409 g/mol. The van der Waals surface area contributed by atoms with Gasteiger partial charge >= 0.3 is 0 Å². The lowest BCUT2D eigenvalue weighted by Gasteiger charge is -2.13. The number of aryl methyl sites for hydroxylation is 1. The topological polar surface area (TPSA) is 64.0 Å². The van der Waals surface area contributed by atoms with E-state index in [0.29, 0.717) is 16.9 Å². The Labute approximate surface area is 147 Å². The molecule has 0 aliphatic rings. The Morgan fingerprint density at radius 2 is 1.96 bits per heavy atom. The molecule has 24 heavy (non-hydrogen) atoms. The van der Waals surface area contributed by atoms with Gasteiger partial charge in [-0.15, -0.1) is 0 Å². The molecule has 0 radical (unpaired) electrons. The molecule has 8 heteroatoms. The zero-order valence-electron chi connectivity index (χ0n) is 12.6. The molecule has 0 unspecified atom stereocenters. The summed E-state index contributed by atoms with van der Waals surface area (Å²) in [6.07, 6.45) is 3.28. The summed E-state index contributed by atoms with van der Waals surface area (Å²) in [5.41, 5.74) is 1.48. The second-order valence-corrected chi connectivity index (χ2v) is 7.73. The van der Waals surface area contributed by atoms with Gasteiger partial charge in [0.2, 0.25) is 0 Å². The van der Waals surface area contributed by atoms with Crippen molar-refractivity contribution in [1.82, 2.24) is 9.78 Å². The van der Waals surface area contributed by atoms with Gasteiger partial charge in [-0.25, -0.2) is 17.5 Å². The Hall–Kier alpha value is -2.19. The maximum absolute atomic E-state index is 14.0. The number of nitrogens with zero attached hydrogens (tertiary/aromatic N) is 2. The average Bonchev–Trinajstić information content (AvgIpc) is 2.96. The highest BCUT2D eigenvalue weighted by Gasteiger charge is 2.21. The average molecular weight is 410 g/mol. The summed E-state index contributed by atoms with van der Waals surface area (Å²) in [5.74, 6) is -0.799. The maximum Gasteiger partial charge on any atom is 0.264 e. The standard InChI is InChI=1S/C16H13BrFN3O2S/c1-11-6-7-13(18)16(8-11)24(22,23)20-14-4-2-3-5-15(14)21-10-12(17)9-19-21/h2-10,20H,1H3. The van der Waals surface area contributed by atoms with E-state index in [1.54, 1.807) is 43.6 Å². The molecule has 0 bridgehead atoms. The Kier molecular flexibility index (Phi) is 4.42. The summed E-state index contributed by atoms with van der Waals surface area (Å²) < 4.78 is 43.8. The fourth-order valence-corrected chi connectivity index (χ4v) is 3.73. The highest BCUT2D eigenvalue weighted by atomic mass is 79.9. The molecular weight excluding hydrogens is 397 g/mol. The molecule has 0 atom stereocenters. The lowest BCUT2D eigenvalue weighted by molar-refractivity contribution is 0.570. The van der Waals surface area contributed by atoms with Crippen LogP contribution in [0, 0.1) is 12.7 Å². The molecule has 124 valence electrons. The lowest BCUT2D eigenvalue weighted by Crippen LogP contribution is -2.16. The summed E-state index contributed by atoms with van der Waals surface area (Å²) >= 11 is 3.30. The predicted molar refractivity (Wildman–Crippen MR) is 93.2 cm³/mol. The van der Waals surface area contributed by atoms with Crippen LogP contribution in [0.5, 0.6) is 0 Å². The number of hydrogen-bond acceptors (Lipinski definition) is 3. The largest absolute Gasteiger partial charge is 0.277 e. The van der Waals surface area contributed by atoms with E-state index in [0.717, 1.165) is 10.5 Å². The predicted octanol–water partition coefficient (Wildman–Crippen LogP) is 3.88. The van der Waals surface area contributed by atoms with Crippen LogP contribution in [0.15, 0.2) is 64.2 Å². The van der Waals surface area contributed by atoms with E-state index >= 15 is 0 Å². The molecule has 0 fully saturated rings.